The molecule has 1 aliphatic rings. The van der Waals surface area contributed by atoms with E-state index in [0.29, 0.717) is 21.6 Å². The highest BCUT2D eigenvalue weighted by Gasteiger charge is 2.25. The van der Waals surface area contributed by atoms with Crippen LogP contribution < -0.4 is 15.5 Å². The number of nitrogens with zero attached hydrogens (tertiary/aromatic N) is 3. The van der Waals surface area contributed by atoms with Crippen molar-refractivity contribution in [2.75, 3.05) is 24.3 Å². The summed E-state index contributed by atoms with van der Waals surface area (Å²) in [5, 5.41) is 8.33. The number of nitrogens with one attached hydrogen (secondary N) is 2. The first-order valence-corrected chi connectivity index (χ1v) is 11.1. The standard InChI is InChI=1S/C23H25Cl2N5O/c1-30(2)21-16-6-3-4-9-19(16)28-23(29-21)27-15-12-10-14(11-13-15)26-22(31)20-17(24)7-5-8-18(20)25/h3-9,14-15H,10-13H2,1-2H3,(H,26,31)(H,27,28,29). The van der Waals surface area contributed by atoms with Crippen molar-refractivity contribution < 1.29 is 4.79 Å². The topological polar surface area (TPSA) is 70.2 Å². The maximum absolute atomic E-state index is 12.6. The Hall–Kier alpha value is -2.57. The Morgan fingerprint density at radius 3 is 2.26 bits per heavy atom. The van der Waals surface area contributed by atoms with Gasteiger partial charge >= 0.3 is 0 Å². The molecule has 0 bridgehead atoms. The van der Waals surface area contributed by atoms with Crippen molar-refractivity contribution in [2.45, 2.75) is 37.8 Å². The Labute approximate surface area is 192 Å². The molecule has 8 heteroatoms. The fourth-order valence-corrected chi connectivity index (χ4v) is 4.57. The van der Waals surface area contributed by atoms with Crippen molar-refractivity contribution in [2.24, 2.45) is 0 Å². The first-order valence-electron chi connectivity index (χ1n) is 10.4. The van der Waals surface area contributed by atoms with Crippen molar-refractivity contribution in [3.8, 4) is 0 Å². The molecule has 2 N–H and O–H groups in total. The lowest BCUT2D eigenvalue weighted by atomic mass is 9.91. The third-order valence-electron chi connectivity index (χ3n) is 5.59. The van der Waals surface area contributed by atoms with Crippen molar-refractivity contribution in [3.63, 3.8) is 0 Å². The van der Waals surface area contributed by atoms with Crippen LogP contribution in [0.25, 0.3) is 10.9 Å². The Kier molecular flexibility index (Phi) is 6.49. The number of anilines is 2. The zero-order valence-electron chi connectivity index (χ0n) is 17.5. The lowest BCUT2D eigenvalue weighted by Gasteiger charge is -2.30. The van der Waals surface area contributed by atoms with Gasteiger partial charge in [0.2, 0.25) is 5.95 Å². The predicted octanol–water partition coefficient (Wildman–Crippen LogP) is 5.16. The second-order valence-electron chi connectivity index (χ2n) is 8.05. The van der Waals surface area contributed by atoms with Crippen molar-refractivity contribution in [1.29, 1.82) is 0 Å². The van der Waals surface area contributed by atoms with Crippen LogP contribution in [0.1, 0.15) is 36.0 Å². The number of carbonyl (C=O) groups excluding carboxylic acids is 1. The van der Waals surface area contributed by atoms with Crippen LogP contribution in [0.2, 0.25) is 10.0 Å². The highest BCUT2D eigenvalue weighted by Crippen LogP contribution is 2.28. The van der Waals surface area contributed by atoms with E-state index in [0.717, 1.165) is 42.4 Å². The molecule has 0 radical (unpaired) electrons. The molecule has 4 rings (SSSR count). The second kappa shape index (κ2) is 9.28. The number of hydrogen-bond donors (Lipinski definition) is 2. The molecular formula is C23H25Cl2N5O. The van der Waals surface area contributed by atoms with Gasteiger partial charge in [0, 0.05) is 31.6 Å². The predicted molar refractivity (Wildman–Crippen MR) is 127 cm³/mol. The van der Waals surface area contributed by atoms with Gasteiger partial charge < -0.3 is 15.5 Å². The van der Waals surface area contributed by atoms with Gasteiger partial charge in [-0.1, -0.05) is 41.4 Å². The number of rotatable bonds is 5. The molecular weight excluding hydrogens is 433 g/mol. The van der Waals surface area contributed by atoms with E-state index in [4.69, 9.17) is 33.2 Å². The lowest BCUT2D eigenvalue weighted by molar-refractivity contribution is 0.0927. The fraction of sp³-hybridized carbons (Fsp3) is 0.348. The van der Waals surface area contributed by atoms with E-state index < -0.39 is 0 Å². The van der Waals surface area contributed by atoms with Crippen molar-refractivity contribution >= 4 is 51.8 Å². The minimum Gasteiger partial charge on any atom is -0.362 e. The average molecular weight is 458 g/mol. The van der Waals surface area contributed by atoms with E-state index in [2.05, 4.69) is 10.6 Å². The third-order valence-corrected chi connectivity index (χ3v) is 6.22. The Bertz CT molecular complexity index is 1080. The number of hydrogen-bond acceptors (Lipinski definition) is 5. The Morgan fingerprint density at radius 1 is 0.935 bits per heavy atom. The van der Waals surface area contributed by atoms with Gasteiger partial charge in [-0.15, -0.1) is 0 Å². The molecule has 0 saturated heterocycles. The first-order chi connectivity index (χ1) is 14.9. The number of halogens is 2. The summed E-state index contributed by atoms with van der Waals surface area (Å²) in [6.07, 6.45) is 3.54. The van der Waals surface area contributed by atoms with Gasteiger partial charge in [0.25, 0.3) is 5.91 Å². The summed E-state index contributed by atoms with van der Waals surface area (Å²) in [6, 6.07) is 13.4. The van der Waals surface area contributed by atoms with E-state index in [9.17, 15) is 4.79 Å². The van der Waals surface area contributed by atoms with Gasteiger partial charge in [0.05, 0.1) is 21.1 Å². The summed E-state index contributed by atoms with van der Waals surface area (Å²) in [5.41, 5.74) is 1.26. The number of amides is 1. The maximum Gasteiger partial charge on any atom is 0.254 e. The maximum atomic E-state index is 12.6. The van der Waals surface area contributed by atoms with Crippen LogP contribution in [0.5, 0.6) is 0 Å². The van der Waals surface area contributed by atoms with Gasteiger partial charge in [0.15, 0.2) is 0 Å². The Morgan fingerprint density at radius 2 is 1.58 bits per heavy atom. The Balaban J connectivity index is 1.39. The fourth-order valence-electron chi connectivity index (χ4n) is 4.00. The highest BCUT2D eigenvalue weighted by atomic mass is 35.5. The lowest BCUT2D eigenvalue weighted by Crippen LogP contribution is -2.40. The quantitative estimate of drug-likeness (QED) is 0.553. The molecule has 1 fully saturated rings. The van der Waals surface area contributed by atoms with Gasteiger partial charge in [0.1, 0.15) is 5.82 Å². The molecule has 2 aromatic carbocycles. The van der Waals surface area contributed by atoms with Crippen LogP contribution in [-0.4, -0.2) is 42.1 Å². The SMILES string of the molecule is CN(C)c1nc(NC2CCC(NC(=O)c3c(Cl)cccc3Cl)CC2)nc2ccccc12. The molecule has 0 aliphatic heterocycles. The molecule has 1 saturated carbocycles. The molecule has 6 nitrogen and oxygen atoms in total. The van der Waals surface area contributed by atoms with E-state index in [1.807, 2.05) is 43.3 Å². The molecule has 0 atom stereocenters. The van der Waals surface area contributed by atoms with Crippen LogP contribution >= 0.6 is 23.2 Å². The summed E-state index contributed by atoms with van der Waals surface area (Å²) >= 11 is 12.3. The van der Waals surface area contributed by atoms with Crippen LogP contribution in [0.15, 0.2) is 42.5 Å². The van der Waals surface area contributed by atoms with Gasteiger partial charge in [-0.3, -0.25) is 4.79 Å². The van der Waals surface area contributed by atoms with Crippen molar-refractivity contribution in [3.05, 3.63) is 58.1 Å². The molecule has 1 aromatic heterocycles. The zero-order chi connectivity index (χ0) is 22.0. The number of aromatic nitrogens is 2. The normalized spacial score (nSPS) is 18.6. The molecule has 3 aromatic rings. The van der Waals surface area contributed by atoms with Gasteiger partial charge in [-0.25, -0.2) is 4.98 Å². The van der Waals surface area contributed by atoms with Crippen LogP contribution in [0, 0.1) is 0 Å². The molecule has 0 unspecified atom stereocenters. The van der Waals surface area contributed by atoms with E-state index in [1.165, 1.54) is 0 Å². The molecule has 1 aliphatic carbocycles. The zero-order valence-corrected chi connectivity index (χ0v) is 19.0. The molecule has 31 heavy (non-hydrogen) atoms. The summed E-state index contributed by atoms with van der Waals surface area (Å²) < 4.78 is 0. The van der Waals surface area contributed by atoms with Crippen LogP contribution in [0.4, 0.5) is 11.8 Å². The number of para-hydroxylation sites is 1. The minimum absolute atomic E-state index is 0.0905. The van der Waals surface area contributed by atoms with E-state index >= 15 is 0 Å². The molecule has 162 valence electrons. The van der Waals surface area contributed by atoms with Crippen LogP contribution in [-0.2, 0) is 0 Å². The average Bonchev–Trinajstić information content (AvgIpc) is 2.74. The minimum atomic E-state index is -0.222. The van der Waals surface area contributed by atoms with E-state index in [-0.39, 0.29) is 18.0 Å². The van der Waals surface area contributed by atoms with Gasteiger partial charge in [-0.2, -0.15) is 4.98 Å². The highest BCUT2D eigenvalue weighted by molar-refractivity contribution is 6.39. The van der Waals surface area contributed by atoms with Gasteiger partial charge in [-0.05, 0) is 49.9 Å². The third kappa shape index (κ3) is 4.86. The van der Waals surface area contributed by atoms with Crippen LogP contribution in [0.3, 0.4) is 0 Å². The van der Waals surface area contributed by atoms with E-state index in [1.54, 1.807) is 18.2 Å². The second-order valence-corrected chi connectivity index (χ2v) is 8.86. The monoisotopic (exact) mass is 457 g/mol. The largest absolute Gasteiger partial charge is 0.362 e. The summed E-state index contributed by atoms with van der Waals surface area (Å²) in [6.45, 7) is 0. The molecule has 1 heterocycles. The summed E-state index contributed by atoms with van der Waals surface area (Å²) in [7, 11) is 3.97. The molecule has 1 amide bonds. The summed E-state index contributed by atoms with van der Waals surface area (Å²) in [5.74, 6) is 1.31. The van der Waals surface area contributed by atoms with Crippen molar-refractivity contribution in [1.82, 2.24) is 15.3 Å². The smallest absolute Gasteiger partial charge is 0.254 e. The summed E-state index contributed by atoms with van der Waals surface area (Å²) in [4.78, 5) is 24.1. The number of benzene rings is 2. The number of carbonyl (C=O) groups is 1. The first kappa shape index (κ1) is 21.7. The molecule has 0 spiro atoms. The number of fused-ring (bicyclic) bond motifs is 1.